The van der Waals surface area contributed by atoms with E-state index in [4.69, 9.17) is 9.47 Å². The van der Waals surface area contributed by atoms with Gasteiger partial charge in [0, 0.05) is 5.69 Å². The summed E-state index contributed by atoms with van der Waals surface area (Å²) in [4.78, 5) is 16.6. The minimum atomic E-state index is -0.390. The SMILES string of the molecule is Cc1ccc(OCc2cccc(C(=O)OCc3ccc4n[nH]nc4c3)c2)cn1. The van der Waals surface area contributed by atoms with Crippen molar-refractivity contribution in [2.24, 2.45) is 0 Å². The number of esters is 1. The van der Waals surface area contributed by atoms with Crippen LogP contribution in [0, 0.1) is 6.92 Å². The molecule has 0 saturated heterocycles. The Bertz CT molecular complexity index is 1110. The number of ether oxygens (including phenoxy) is 2. The Kier molecular flexibility index (Phi) is 4.97. The maximum absolute atomic E-state index is 12.4. The van der Waals surface area contributed by atoms with Crippen molar-refractivity contribution in [3.8, 4) is 5.75 Å². The second kappa shape index (κ2) is 7.87. The average molecular weight is 374 g/mol. The van der Waals surface area contributed by atoms with E-state index in [1.54, 1.807) is 18.3 Å². The second-order valence-electron chi connectivity index (χ2n) is 6.35. The van der Waals surface area contributed by atoms with E-state index in [2.05, 4.69) is 20.4 Å². The zero-order valence-corrected chi connectivity index (χ0v) is 15.3. The largest absolute Gasteiger partial charge is 0.487 e. The molecule has 7 heteroatoms. The predicted octanol–water partition coefficient (Wildman–Crippen LogP) is 3.60. The Labute approximate surface area is 161 Å². The van der Waals surface area contributed by atoms with Gasteiger partial charge in [-0.15, -0.1) is 0 Å². The number of nitrogens with one attached hydrogen (secondary N) is 1. The lowest BCUT2D eigenvalue weighted by Gasteiger charge is -2.08. The van der Waals surface area contributed by atoms with E-state index in [1.807, 2.05) is 49.4 Å². The molecule has 28 heavy (non-hydrogen) atoms. The van der Waals surface area contributed by atoms with E-state index in [0.717, 1.165) is 27.9 Å². The molecule has 0 fully saturated rings. The van der Waals surface area contributed by atoms with Crippen LogP contribution in [0.2, 0.25) is 0 Å². The van der Waals surface area contributed by atoms with E-state index < -0.39 is 0 Å². The third-order valence-corrected chi connectivity index (χ3v) is 4.20. The Balaban J connectivity index is 1.37. The number of aryl methyl sites for hydroxylation is 1. The molecule has 0 saturated carbocycles. The first-order valence-corrected chi connectivity index (χ1v) is 8.78. The fourth-order valence-electron chi connectivity index (χ4n) is 2.70. The summed E-state index contributed by atoms with van der Waals surface area (Å²) < 4.78 is 11.1. The molecule has 0 amide bonds. The van der Waals surface area contributed by atoms with Crippen molar-refractivity contribution in [3.63, 3.8) is 0 Å². The van der Waals surface area contributed by atoms with Gasteiger partial charge in [0.05, 0.1) is 11.8 Å². The van der Waals surface area contributed by atoms with Gasteiger partial charge in [-0.05, 0) is 54.4 Å². The quantitative estimate of drug-likeness (QED) is 0.519. The molecule has 0 atom stereocenters. The first-order chi connectivity index (χ1) is 13.7. The van der Waals surface area contributed by atoms with Gasteiger partial charge in [-0.3, -0.25) is 4.98 Å². The highest BCUT2D eigenvalue weighted by atomic mass is 16.5. The van der Waals surface area contributed by atoms with Crippen LogP contribution >= 0.6 is 0 Å². The van der Waals surface area contributed by atoms with Crippen LogP contribution in [0.1, 0.15) is 27.2 Å². The molecular formula is C21H18N4O3. The minimum Gasteiger partial charge on any atom is -0.487 e. The summed E-state index contributed by atoms with van der Waals surface area (Å²) in [7, 11) is 0. The van der Waals surface area contributed by atoms with Gasteiger partial charge in [-0.25, -0.2) is 4.79 Å². The smallest absolute Gasteiger partial charge is 0.338 e. The second-order valence-corrected chi connectivity index (χ2v) is 6.35. The van der Waals surface area contributed by atoms with Crippen molar-refractivity contribution in [1.82, 2.24) is 20.4 Å². The highest BCUT2D eigenvalue weighted by Crippen LogP contribution is 2.15. The molecule has 0 aliphatic carbocycles. The monoisotopic (exact) mass is 374 g/mol. The van der Waals surface area contributed by atoms with Crippen LogP contribution in [-0.4, -0.2) is 26.4 Å². The number of nitrogens with zero attached hydrogens (tertiary/aromatic N) is 3. The van der Waals surface area contributed by atoms with Gasteiger partial charge in [-0.2, -0.15) is 15.4 Å². The van der Waals surface area contributed by atoms with Gasteiger partial charge < -0.3 is 9.47 Å². The summed E-state index contributed by atoms with van der Waals surface area (Å²) in [5, 5.41) is 10.6. The van der Waals surface area contributed by atoms with Crippen LogP contribution in [0.4, 0.5) is 0 Å². The predicted molar refractivity (Wildman–Crippen MR) is 103 cm³/mol. The summed E-state index contributed by atoms with van der Waals surface area (Å²) in [6, 6.07) is 16.5. The lowest BCUT2D eigenvalue weighted by molar-refractivity contribution is 0.0472. The zero-order chi connectivity index (χ0) is 19.3. The molecule has 2 aromatic heterocycles. The molecule has 7 nitrogen and oxygen atoms in total. The number of hydrogen-bond acceptors (Lipinski definition) is 6. The van der Waals surface area contributed by atoms with Gasteiger partial charge in [0.2, 0.25) is 0 Å². The Morgan fingerprint density at radius 3 is 2.68 bits per heavy atom. The van der Waals surface area contributed by atoms with Crippen molar-refractivity contribution in [3.05, 3.63) is 83.2 Å². The number of pyridine rings is 1. The number of rotatable bonds is 6. The van der Waals surface area contributed by atoms with Gasteiger partial charge in [0.25, 0.3) is 0 Å². The lowest BCUT2D eigenvalue weighted by atomic mass is 10.1. The summed E-state index contributed by atoms with van der Waals surface area (Å²) in [5.74, 6) is 0.293. The van der Waals surface area contributed by atoms with E-state index in [0.29, 0.717) is 17.9 Å². The number of aromatic amines is 1. The summed E-state index contributed by atoms with van der Waals surface area (Å²) in [5.41, 5.74) is 4.63. The van der Waals surface area contributed by atoms with Crippen LogP contribution in [0.5, 0.6) is 5.75 Å². The maximum atomic E-state index is 12.4. The highest BCUT2D eigenvalue weighted by molar-refractivity contribution is 5.89. The maximum Gasteiger partial charge on any atom is 0.338 e. The van der Waals surface area contributed by atoms with Crippen molar-refractivity contribution < 1.29 is 14.3 Å². The third-order valence-electron chi connectivity index (χ3n) is 4.20. The molecule has 0 aliphatic heterocycles. The van der Waals surface area contributed by atoms with Crippen LogP contribution in [0.3, 0.4) is 0 Å². The summed E-state index contributed by atoms with van der Waals surface area (Å²) in [6.07, 6.45) is 1.68. The fourth-order valence-corrected chi connectivity index (χ4v) is 2.70. The number of H-pyrrole nitrogens is 1. The minimum absolute atomic E-state index is 0.164. The topological polar surface area (TPSA) is 90.0 Å². The van der Waals surface area contributed by atoms with Crippen LogP contribution in [0.15, 0.2) is 60.8 Å². The van der Waals surface area contributed by atoms with Crippen molar-refractivity contribution in [2.75, 3.05) is 0 Å². The molecule has 4 rings (SSSR count). The third kappa shape index (κ3) is 4.15. The molecule has 2 heterocycles. The first kappa shape index (κ1) is 17.7. The lowest BCUT2D eigenvalue weighted by Crippen LogP contribution is -2.06. The standard InChI is InChI=1S/C21H18N4O3/c1-14-5-7-18(11-22-14)27-12-15-3-2-4-17(9-15)21(26)28-13-16-6-8-19-20(10-16)24-25-23-19/h2-11H,12-13H2,1H3,(H,23,24,25). The van der Waals surface area contributed by atoms with Gasteiger partial charge in [0.15, 0.2) is 0 Å². The van der Waals surface area contributed by atoms with Crippen LogP contribution < -0.4 is 4.74 Å². The Hall–Kier alpha value is -3.74. The molecule has 4 aromatic rings. The zero-order valence-electron chi connectivity index (χ0n) is 15.3. The summed E-state index contributed by atoms with van der Waals surface area (Å²) in [6.45, 7) is 2.43. The van der Waals surface area contributed by atoms with E-state index in [1.165, 1.54) is 0 Å². The molecule has 0 bridgehead atoms. The van der Waals surface area contributed by atoms with Crippen molar-refractivity contribution >= 4 is 17.0 Å². The van der Waals surface area contributed by atoms with Gasteiger partial charge in [-0.1, -0.05) is 18.2 Å². The van der Waals surface area contributed by atoms with E-state index in [9.17, 15) is 4.79 Å². The normalized spacial score (nSPS) is 10.8. The Morgan fingerprint density at radius 1 is 0.964 bits per heavy atom. The highest BCUT2D eigenvalue weighted by Gasteiger charge is 2.09. The van der Waals surface area contributed by atoms with Gasteiger partial charge in [0.1, 0.15) is 30.0 Å². The summed E-state index contributed by atoms with van der Waals surface area (Å²) >= 11 is 0. The van der Waals surface area contributed by atoms with Crippen molar-refractivity contribution in [1.29, 1.82) is 0 Å². The molecule has 0 radical (unpaired) electrons. The number of hydrogen-bond donors (Lipinski definition) is 1. The molecule has 0 unspecified atom stereocenters. The van der Waals surface area contributed by atoms with E-state index >= 15 is 0 Å². The number of carbonyl (C=O) groups is 1. The van der Waals surface area contributed by atoms with Crippen LogP contribution in [0.25, 0.3) is 11.0 Å². The van der Waals surface area contributed by atoms with E-state index in [-0.39, 0.29) is 12.6 Å². The molecular weight excluding hydrogens is 356 g/mol. The van der Waals surface area contributed by atoms with Gasteiger partial charge >= 0.3 is 5.97 Å². The van der Waals surface area contributed by atoms with Crippen LogP contribution in [-0.2, 0) is 18.0 Å². The number of fused-ring (bicyclic) bond motifs is 1. The molecule has 140 valence electrons. The first-order valence-electron chi connectivity index (χ1n) is 8.78. The number of aromatic nitrogens is 4. The number of carbonyl (C=O) groups excluding carboxylic acids is 1. The molecule has 0 aliphatic rings. The molecule has 1 N–H and O–H groups in total. The fraction of sp³-hybridized carbons (Fsp3) is 0.143. The molecule has 0 spiro atoms. The Morgan fingerprint density at radius 2 is 1.82 bits per heavy atom. The number of benzene rings is 2. The average Bonchev–Trinajstić information content (AvgIpc) is 3.20. The van der Waals surface area contributed by atoms with Crippen molar-refractivity contribution in [2.45, 2.75) is 20.1 Å². The molecule has 2 aromatic carbocycles.